The number of carbonyl (C=O) groups is 3. The molecule has 0 saturated heterocycles. The molecule has 3 amide bonds. The molecule has 0 fully saturated rings. The molecule has 124 valence electrons. The topological polar surface area (TPSA) is 140 Å². The second-order valence-corrected chi connectivity index (χ2v) is 5.52. The molecule has 1 heterocycles. The first-order valence-corrected chi connectivity index (χ1v) is 7.69. The normalized spacial score (nSPS) is 9.83. The van der Waals surface area contributed by atoms with Crippen LogP contribution in [0.25, 0.3) is 0 Å². The van der Waals surface area contributed by atoms with Gasteiger partial charge in [-0.25, -0.2) is 4.98 Å². The molecule has 24 heavy (non-hydrogen) atoms. The summed E-state index contributed by atoms with van der Waals surface area (Å²) in [4.78, 5) is 38.2. The largest absolute Gasteiger partial charge is 0.365 e. The van der Waals surface area contributed by atoms with Crippen LogP contribution >= 0.6 is 11.3 Å². The SMILES string of the molecule is NC(=O)C(=CNc1nc(CC(=O)Nc2ccccc2)cs1)C(N)=O. The van der Waals surface area contributed by atoms with Crippen LogP contribution in [-0.2, 0) is 20.8 Å². The summed E-state index contributed by atoms with van der Waals surface area (Å²) in [5, 5.41) is 7.50. The molecule has 1 aromatic carbocycles. The van der Waals surface area contributed by atoms with E-state index in [4.69, 9.17) is 11.5 Å². The monoisotopic (exact) mass is 345 g/mol. The molecule has 0 unspecified atom stereocenters. The van der Waals surface area contributed by atoms with E-state index in [2.05, 4.69) is 15.6 Å². The van der Waals surface area contributed by atoms with Crippen LogP contribution in [0.3, 0.4) is 0 Å². The van der Waals surface area contributed by atoms with Gasteiger partial charge in [0, 0.05) is 17.3 Å². The molecule has 0 radical (unpaired) electrons. The molecule has 8 nitrogen and oxygen atoms in total. The van der Waals surface area contributed by atoms with Crippen molar-refractivity contribution in [3.63, 3.8) is 0 Å². The van der Waals surface area contributed by atoms with E-state index in [1.165, 1.54) is 11.3 Å². The van der Waals surface area contributed by atoms with Gasteiger partial charge >= 0.3 is 0 Å². The Bertz CT molecular complexity index is 769. The predicted octanol–water partition coefficient (Wildman–Crippen LogP) is 0.591. The van der Waals surface area contributed by atoms with Crippen LogP contribution in [0, 0.1) is 0 Å². The lowest BCUT2D eigenvalue weighted by atomic mass is 10.2. The molecular formula is C15H15N5O3S. The molecule has 1 aromatic heterocycles. The van der Waals surface area contributed by atoms with Gasteiger partial charge in [0.2, 0.25) is 5.91 Å². The maximum absolute atomic E-state index is 11.9. The fourth-order valence-corrected chi connectivity index (χ4v) is 2.42. The van der Waals surface area contributed by atoms with E-state index >= 15 is 0 Å². The van der Waals surface area contributed by atoms with Crippen molar-refractivity contribution in [1.82, 2.24) is 4.98 Å². The third-order valence-corrected chi connectivity index (χ3v) is 3.64. The van der Waals surface area contributed by atoms with Crippen molar-refractivity contribution in [2.45, 2.75) is 6.42 Å². The molecule has 6 N–H and O–H groups in total. The number of amides is 3. The van der Waals surface area contributed by atoms with Gasteiger partial charge in [0.15, 0.2) is 5.13 Å². The number of carbonyl (C=O) groups excluding carboxylic acids is 3. The van der Waals surface area contributed by atoms with Gasteiger partial charge in [0.1, 0.15) is 5.57 Å². The Morgan fingerprint density at radius 1 is 1.12 bits per heavy atom. The second kappa shape index (κ2) is 7.88. The van der Waals surface area contributed by atoms with Crippen LogP contribution < -0.4 is 22.1 Å². The summed E-state index contributed by atoms with van der Waals surface area (Å²) >= 11 is 1.21. The average Bonchev–Trinajstić information content (AvgIpc) is 2.95. The number of benzene rings is 1. The van der Waals surface area contributed by atoms with Crippen LogP contribution in [0.4, 0.5) is 10.8 Å². The smallest absolute Gasteiger partial charge is 0.255 e. The van der Waals surface area contributed by atoms with Crippen molar-refractivity contribution < 1.29 is 14.4 Å². The number of aromatic nitrogens is 1. The molecule has 0 aliphatic carbocycles. The van der Waals surface area contributed by atoms with E-state index in [1.54, 1.807) is 17.5 Å². The lowest BCUT2D eigenvalue weighted by molar-refractivity contribution is -0.120. The van der Waals surface area contributed by atoms with E-state index in [0.717, 1.165) is 6.20 Å². The summed E-state index contributed by atoms with van der Waals surface area (Å²) in [7, 11) is 0. The van der Waals surface area contributed by atoms with Crippen LogP contribution in [0.15, 0.2) is 47.5 Å². The number of hydrogen-bond acceptors (Lipinski definition) is 6. The Morgan fingerprint density at radius 3 is 2.42 bits per heavy atom. The third kappa shape index (κ3) is 4.92. The van der Waals surface area contributed by atoms with Gasteiger partial charge in [0.25, 0.3) is 11.8 Å². The highest BCUT2D eigenvalue weighted by Gasteiger charge is 2.12. The number of nitrogens with one attached hydrogen (secondary N) is 2. The minimum absolute atomic E-state index is 0.0925. The van der Waals surface area contributed by atoms with Crippen molar-refractivity contribution in [3.8, 4) is 0 Å². The summed E-state index contributed by atoms with van der Waals surface area (Å²) in [6, 6.07) is 9.07. The molecular weight excluding hydrogens is 330 g/mol. The number of anilines is 2. The minimum Gasteiger partial charge on any atom is -0.365 e. The van der Waals surface area contributed by atoms with E-state index < -0.39 is 11.8 Å². The van der Waals surface area contributed by atoms with Crippen LogP contribution in [0.1, 0.15) is 5.69 Å². The van der Waals surface area contributed by atoms with Crippen LogP contribution in [-0.4, -0.2) is 22.7 Å². The Hall–Kier alpha value is -3.20. The van der Waals surface area contributed by atoms with Gasteiger partial charge in [-0.15, -0.1) is 11.3 Å². The molecule has 0 spiro atoms. The molecule has 0 aliphatic heterocycles. The fourth-order valence-electron chi connectivity index (χ4n) is 1.74. The van der Waals surface area contributed by atoms with Gasteiger partial charge in [-0.1, -0.05) is 18.2 Å². The van der Waals surface area contributed by atoms with E-state index in [-0.39, 0.29) is 17.9 Å². The Labute approximate surface area is 141 Å². The highest BCUT2D eigenvalue weighted by Crippen LogP contribution is 2.16. The van der Waals surface area contributed by atoms with Crippen molar-refractivity contribution in [1.29, 1.82) is 0 Å². The number of hydrogen-bond donors (Lipinski definition) is 4. The number of nitrogens with two attached hydrogens (primary N) is 2. The Morgan fingerprint density at radius 2 is 1.79 bits per heavy atom. The number of thiazole rings is 1. The zero-order valence-electron chi connectivity index (χ0n) is 12.5. The molecule has 0 atom stereocenters. The molecule has 0 bridgehead atoms. The third-order valence-electron chi connectivity index (χ3n) is 2.82. The summed E-state index contributed by atoms with van der Waals surface area (Å²) in [5.74, 6) is -2.08. The van der Waals surface area contributed by atoms with Gasteiger partial charge in [-0.2, -0.15) is 0 Å². The van der Waals surface area contributed by atoms with Gasteiger partial charge in [-0.3, -0.25) is 14.4 Å². The lowest BCUT2D eigenvalue weighted by Gasteiger charge is -2.03. The Balaban J connectivity index is 1.95. The van der Waals surface area contributed by atoms with Crippen molar-refractivity contribution in [2.75, 3.05) is 10.6 Å². The van der Waals surface area contributed by atoms with E-state index in [0.29, 0.717) is 16.5 Å². The molecule has 0 saturated carbocycles. The Kier molecular flexibility index (Phi) is 5.63. The lowest BCUT2D eigenvalue weighted by Crippen LogP contribution is -2.26. The molecule has 0 aliphatic rings. The van der Waals surface area contributed by atoms with Crippen LogP contribution in [0.5, 0.6) is 0 Å². The van der Waals surface area contributed by atoms with Gasteiger partial charge in [0.05, 0.1) is 12.1 Å². The van der Waals surface area contributed by atoms with Crippen molar-refractivity contribution in [3.05, 3.63) is 53.2 Å². The fraction of sp³-hybridized carbons (Fsp3) is 0.0667. The first kappa shape index (κ1) is 17.2. The van der Waals surface area contributed by atoms with Crippen molar-refractivity contribution in [2.24, 2.45) is 11.5 Å². The molecule has 9 heteroatoms. The van der Waals surface area contributed by atoms with E-state index in [1.807, 2.05) is 18.2 Å². The summed E-state index contributed by atoms with van der Waals surface area (Å²) in [6.07, 6.45) is 1.19. The molecule has 2 rings (SSSR count). The number of rotatable bonds is 7. The summed E-state index contributed by atoms with van der Waals surface area (Å²) < 4.78 is 0. The number of primary amides is 2. The second-order valence-electron chi connectivity index (χ2n) is 4.67. The van der Waals surface area contributed by atoms with Crippen LogP contribution in [0.2, 0.25) is 0 Å². The maximum Gasteiger partial charge on any atom is 0.255 e. The predicted molar refractivity (Wildman–Crippen MR) is 91.0 cm³/mol. The average molecular weight is 345 g/mol. The minimum atomic E-state index is -0.936. The van der Waals surface area contributed by atoms with Gasteiger partial charge in [-0.05, 0) is 12.1 Å². The van der Waals surface area contributed by atoms with Crippen molar-refractivity contribution >= 4 is 39.9 Å². The standard InChI is InChI=1S/C15H15N5O3S/c16-13(22)11(14(17)23)7-18-15-20-10(8-24-15)6-12(21)19-9-4-2-1-3-5-9/h1-5,7-8H,6H2,(H2,16,22)(H2,17,23)(H,18,20)(H,19,21). The summed E-state index contributed by atoms with van der Waals surface area (Å²) in [5.41, 5.74) is 10.9. The highest BCUT2D eigenvalue weighted by molar-refractivity contribution is 7.13. The maximum atomic E-state index is 11.9. The zero-order chi connectivity index (χ0) is 17.5. The highest BCUT2D eigenvalue weighted by atomic mass is 32.1. The molecule has 2 aromatic rings. The van der Waals surface area contributed by atoms with Gasteiger partial charge < -0.3 is 22.1 Å². The number of nitrogens with zero attached hydrogens (tertiary/aromatic N) is 1. The first-order chi connectivity index (χ1) is 11.5. The van der Waals surface area contributed by atoms with E-state index in [9.17, 15) is 14.4 Å². The zero-order valence-corrected chi connectivity index (χ0v) is 13.3. The quantitative estimate of drug-likeness (QED) is 0.330. The summed E-state index contributed by atoms with van der Waals surface area (Å²) in [6.45, 7) is 0. The number of para-hydroxylation sites is 1. The first-order valence-electron chi connectivity index (χ1n) is 6.81.